The molecule has 1 amide bonds. The van der Waals surface area contributed by atoms with Crippen LogP contribution >= 0.6 is 23.2 Å². The number of esters is 1. The number of nitrogens with two attached hydrogens (primary N) is 1. The number of amides is 1. The highest BCUT2D eigenvalue weighted by Crippen LogP contribution is 2.45. The molecule has 4 aromatic rings. The van der Waals surface area contributed by atoms with E-state index >= 15 is 4.39 Å². The molecule has 11 nitrogen and oxygen atoms in total. The molecule has 0 radical (unpaired) electrons. The number of hydrogen-bond acceptors (Lipinski definition) is 9. The van der Waals surface area contributed by atoms with E-state index in [0.29, 0.717) is 55.7 Å². The fraction of sp³-hybridized carbons (Fsp3) is 0.425. The number of carbonyl (C=O) groups is 2. The van der Waals surface area contributed by atoms with Gasteiger partial charge in [0.25, 0.3) is 5.91 Å². The van der Waals surface area contributed by atoms with Gasteiger partial charge in [0.1, 0.15) is 29.2 Å². The van der Waals surface area contributed by atoms with E-state index < -0.39 is 5.82 Å². The molecule has 2 fully saturated rings. The van der Waals surface area contributed by atoms with Gasteiger partial charge in [0.05, 0.1) is 48.1 Å². The second kappa shape index (κ2) is 14.8. The van der Waals surface area contributed by atoms with Crippen LogP contribution < -0.4 is 20.5 Å². The van der Waals surface area contributed by atoms with Crippen molar-refractivity contribution in [1.82, 2.24) is 14.5 Å². The maximum Gasteiger partial charge on any atom is 0.308 e. The van der Waals surface area contributed by atoms with E-state index in [9.17, 15) is 9.59 Å². The third-order valence-corrected chi connectivity index (χ3v) is 11.8. The first-order valence-electron chi connectivity index (χ1n) is 18.2. The predicted molar refractivity (Wildman–Crippen MR) is 202 cm³/mol. The van der Waals surface area contributed by atoms with Gasteiger partial charge in [0, 0.05) is 62.5 Å². The van der Waals surface area contributed by atoms with Crippen molar-refractivity contribution in [3.63, 3.8) is 0 Å². The Morgan fingerprint density at radius 1 is 1.07 bits per heavy atom. The molecule has 1 unspecified atom stereocenters. The Bertz CT molecular complexity index is 2130. The van der Waals surface area contributed by atoms with Gasteiger partial charge < -0.3 is 34.6 Å². The summed E-state index contributed by atoms with van der Waals surface area (Å²) in [6, 6.07) is 13.0. The molecule has 3 aromatic carbocycles. The molecule has 0 bridgehead atoms. The highest BCUT2D eigenvalue weighted by molar-refractivity contribution is 6.36. The number of hydrogen-bond donors (Lipinski definition) is 2. The Hall–Kier alpha value is -4.20. The monoisotopic (exact) mass is 777 g/mol. The Morgan fingerprint density at radius 3 is 2.57 bits per heavy atom. The molecule has 3 N–H and O–H groups in total. The van der Waals surface area contributed by atoms with Crippen LogP contribution in [0.25, 0.3) is 11.1 Å². The van der Waals surface area contributed by atoms with E-state index in [-0.39, 0.29) is 57.9 Å². The molecule has 0 spiro atoms. The number of nitrogens with zero attached hydrogens (tertiary/aromatic N) is 3. The standard InChI is InChI=1S/C40H42Cl2FN5O6/c1-47-30-13-14-48(18-40(19-52-20-40)21-53-39(50)22-9-10-22)17-29(30)45-37(47)38(49)46-28-8-4-7-26(34(28)41)23-5-3-6-25-24(23)11-12-31(25)54-33-15-32(51-2)27(16-44)36(43)35(33)42/h3-8,15,22,31H,9-14,16-21,44H2,1-2H3,(H,46,49). The molecular formula is C40H42Cl2FN5O6. The van der Waals surface area contributed by atoms with Crippen molar-refractivity contribution in [1.29, 1.82) is 0 Å². The molecule has 1 saturated carbocycles. The van der Waals surface area contributed by atoms with Crippen LogP contribution in [0.5, 0.6) is 11.5 Å². The van der Waals surface area contributed by atoms with Crippen molar-refractivity contribution in [2.75, 3.05) is 45.3 Å². The van der Waals surface area contributed by atoms with E-state index in [2.05, 4.69) is 10.2 Å². The molecule has 54 heavy (non-hydrogen) atoms. The van der Waals surface area contributed by atoms with Crippen molar-refractivity contribution in [2.24, 2.45) is 24.1 Å². The number of benzene rings is 3. The topological polar surface area (TPSA) is 130 Å². The Kier molecular flexibility index (Phi) is 10.1. The van der Waals surface area contributed by atoms with Crippen LogP contribution in [0, 0.1) is 17.2 Å². The summed E-state index contributed by atoms with van der Waals surface area (Å²) < 4.78 is 39.8. The van der Waals surface area contributed by atoms with Crippen LogP contribution in [0.4, 0.5) is 10.1 Å². The fourth-order valence-corrected chi connectivity index (χ4v) is 8.39. The van der Waals surface area contributed by atoms with Crippen molar-refractivity contribution < 1.29 is 32.9 Å². The zero-order valence-corrected chi connectivity index (χ0v) is 31.7. The lowest BCUT2D eigenvalue weighted by Crippen LogP contribution is -2.54. The molecule has 14 heteroatoms. The average Bonchev–Trinajstić information content (AvgIpc) is 3.86. The Labute approximate surface area is 322 Å². The number of methoxy groups -OCH3 is 1. The molecule has 1 aromatic heterocycles. The molecule has 2 aliphatic heterocycles. The number of rotatable bonds is 12. The van der Waals surface area contributed by atoms with Crippen molar-refractivity contribution in [3.05, 3.63) is 92.2 Å². The van der Waals surface area contributed by atoms with Gasteiger partial charge in [0.2, 0.25) is 0 Å². The van der Waals surface area contributed by atoms with Gasteiger partial charge in [-0.05, 0) is 48.4 Å². The fourth-order valence-electron chi connectivity index (χ4n) is 7.90. The number of imidazole rings is 1. The van der Waals surface area contributed by atoms with Crippen molar-refractivity contribution >= 4 is 40.8 Å². The minimum Gasteiger partial charge on any atom is -0.496 e. The summed E-state index contributed by atoms with van der Waals surface area (Å²) in [5.74, 6) is -0.295. The second-order valence-corrected chi connectivity index (χ2v) is 15.5. The summed E-state index contributed by atoms with van der Waals surface area (Å²) in [6.45, 7) is 3.52. The maximum atomic E-state index is 15.0. The molecule has 1 saturated heterocycles. The van der Waals surface area contributed by atoms with Gasteiger partial charge in [-0.1, -0.05) is 53.5 Å². The van der Waals surface area contributed by atoms with Crippen LogP contribution in [-0.4, -0.2) is 66.3 Å². The molecular weight excluding hydrogens is 736 g/mol. The quantitative estimate of drug-likeness (QED) is 0.152. The van der Waals surface area contributed by atoms with Crippen LogP contribution in [0.2, 0.25) is 10.0 Å². The molecule has 3 heterocycles. The molecule has 284 valence electrons. The predicted octanol–water partition coefficient (Wildman–Crippen LogP) is 6.65. The van der Waals surface area contributed by atoms with Crippen LogP contribution in [0.3, 0.4) is 0 Å². The maximum absolute atomic E-state index is 15.0. The van der Waals surface area contributed by atoms with Gasteiger partial charge in [-0.25, -0.2) is 9.37 Å². The second-order valence-electron chi connectivity index (χ2n) is 14.8. The third kappa shape index (κ3) is 6.83. The minimum absolute atomic E-state index is 0.0628. The smallest absolute Gasteiger partial charge is 0.308 e. The number of halogens is 3. The van der Waals surface area contributed by atoms with Gasteiger partial charge in [-0.15, -0.1) is 0 Å². The highest BCUT2D eigenvalue weighted by atomic mass is 35.5. The molecule has 1 atom stereocenters. The van der Waals surface area contributed by atoms with E-state index in [1.54, 1.807) is 12.1 Å². The number of anilines is 1. The first-order chi connectivity index (χ1) is 26.1. The molecule has 8 rings (SSSR count). The lowest BCUT2D eigenvalue weighted by atomic mass is 9.85. The van der Waals surface area contributed by atoms with Gasteiger partial charge in [-0.3, -0.25) is 14.5 Å². The van der Waals surface area contributed by atoms with Gasteiger partial charge in [-0.2, -0.15) is 0 Å². The average molecular weight is 779 g/mol. The van der Waals surface area contributed by atoms with E-state index in [4.69, 9.17) is 52.9 Å². The minimum atomic E-state index is -0.656. The normalized spacial score (nSPS) is 18.7. The summed E-state index contributed by atoms with van der Waals surface area (Å²) in [6.07, 6.45) is 3.52. The lowest BCUT2D eigenvalue weighted by Gasteiger charge is -2.44. The van der Waals surface area contributed by atoms with Crippen LogP contribution in [0.15, 0.2) is 42.5 Å². The van der Waals surface area contributed by atoms with Crippen LogP contribution in [-0.2, 0) is 47.2 Å². The van der Waals surface area contributed by atoms with E-state index in [1.165, 1.54) is 7.11 Å². The van der Waals surface area contributed by atoms with E-state index in [0.717, 1.165) is 66.0 Å². The van der Waals surface area contributed by atoms with Crippen molar-refractivity contribution in [2.45, 2.75) is 51.3 Å². The zero-order chi connectivity index (χ0) is 37.7. The number of carbonyl (C=O) groups excluding carboxylic acids is 2. The Morgan fingerprint density at radius 2 is 1.85 bits per heavy atom. The first kappa shape index (κ1) is 36.8. The summed E-state index contributed by atoms with van der Waals surface area (Å²) in [5.41, 5.74) is 11.7. The molecule has 2 aliphatic carbocycles. The SMILES string of the molecule is COc1cc(OC2CCc3c(-c4cccc(NC(=O)c5nc6c(n5C)CCN(CC5(COC(=O)C7CC7)COC5)C6)c4Cl)cccc32)c(Cl)c(F)c1CN. The molecule has 4 aliphatic rings. The number of ether oxygens (including phenoxy) is 4. The zero-order valence-electron chi connectivity index (χ0n) is 30.2. The van der Waals surface area contributed by atoms with Gasteiger partial charge >= 0.3 is 5.97 Å². The summed E-state index contributed by atoms with van der Waals surface area (Å²) in [7, 11) is 3.31. The number of aromatic nitrogens is 2. The number of nitrogens with one attached hydrogen (secondary N) is 1. The largest absolute Gasteiger partial charge is 0.496 e. The summed E-state index contributed by atoms with van der Waals surface area (Å²) >= 11 is 13.4. The number of fused-ring (bicyclic) bond motifs is 2. The highest BCUT2D eigenvalue weighted by Gasteiger charge is 2.44. The van der Waals surface area contributed by atoms with Crippen molar-refractivity contribution in [3.8, 4) is 22.6 Å². The summed E-state index contributed by atoms with van der Waals surface area (Å²) in [4.78, 5) is 33.1. The summed E-state index contributed by atoms with van der Waals surface area (Å²) in [5, 5.41) is 3.27. The lowest BCUT2D eigenvalue weighted by molar-refractivity contribution is -0.176. The Balaban J connectivity index is 0.970. The third-order valence-electron chi connectivity index (χ3n) is 11.0. The van der Waals surface area contributed by atoms with Gasteiger partial charge in [0.15, 0.2) is 11.6 Å². The van der Waals surface area contributed by atoms with Crippen LogP contribution in [0.1, 0.15) is 64.1 Å². The first-order valence-corrected chi connectivity index (χ1v) is 19.0. The van der Waals surface area contributed by atoms with E-state index in [1.807, 2.05) is 41.9 Å².